The maximum atomic E-state index is 3.99. The first kappa shape index (κ1) is 10.6. The van der Waals surface area contributed by atoms with Gasteiger partial charge in [-0.15, -0.1) is 0 Å². The summed E-state index contributed by atoms with van der Waals surface area (Å²) < 4.78 is 0. The van der Waals surface area contributed by atoms with E-state index in [1.165, 1.54) is 49.7 Å². The van der Waals surface area contributed by atoms with Crippen molar-refractivity contribution in [3.05, 3.63) is 23.5 Å². The quantitative estimate of drug-likeness (QED) is 0.648. The third-order valence-corrected chi connectivity index (χ3v) is 3.51. The summed E-state index contributed by atoms with van der Waals surface area (Å²) in [4.78, 5) is 0. The van der Waals surface area contributed by atoms with Crippen LogP contribution in [0.5, 0.6) is 0 Å². The number of aryl methyl sites for hydroxylation is 2. The highest BCUT2D eigenvalue weighted by molar-refractivity contribution is 5.21. The van der Waals surface area contributed by atoms with Gasteiger partial charge in [-0.2, -0.15) is 10.2 Å². The van der Waals surface area contributed by atoms with E-state index in [0.717, 1.165) is 0 Å². The van der Waals surface area contributed by atoms with E-state index in [9.17, 15) is 0 Å². The smallest absolute Gasteiger partial charge is 0.0530 e. The van der Waals surface area contributed by atoms with Crippen LogP contribution in [-0.2, 0) is 12.8 Å². The van der Waals surface area contributed by atoms with Crippen molar-refractivity contribution in [2.75, 3.05) is 0 Å². The zero-order chi connectivity index (χ0) is 10.7. The highest BCUT2D eigenvalue weighted by Gasteiger charge is 2.19. The zero-order valence-electron chi connectivity index (χ0n) is 9.79. The van der Waals surface area contributed by atoms with Gasteiger partial charge >= 0.3 is 0 Å². The number of hydrogen-bond acceptors (Lipinski definition) is 2. The van der Waals surface area contributed by atoms with Crippen LogP contribution in [-0.4, -0.2) is 10.2 Å². The topological polar surface area (TPSA) is 25.8 Å². The monoisotopic (exact) mass is 204 g/mol. The Kier molecular flexibility index (Phi) is 3.03. The summed E-state index contributed by atoms with van der Waals surface area (Å²) in [6.07, 6.45) is 11.5. The molecule has 0 saturated heterocycles. The van der Waals surface area contributed by atoms with Gasteiger partial charge in [-0.05, 0) is 55.1 Å². The zero-order valence-corrected chi connectivity index (χ0v) is 9.79. The average molecular weight is 204 g/mol. The first-order chi connectivity index (χ1) is 7.17. The molecule has 0 bridgehead atoms. The number of hydrogen-bond donors (Lipinski definition) is 0. The number of nitrogens with zero attached hydrogens (tertiary/aromatic N) is 2. The number of fused-ring (bicyclic) bond motifs is 1. The Balaban J connectivity index is 2.15. The Morgan fingerprint density at radius 2 is 1.40 bits per heavy atom. The Labute approximate surface area is 92.1 Å². The molecule has 82 valence electrons. The van der Waals surface area contributed by atoms with Crippen molar-refractivity contribution in [1.29, 1.82) is 0 Å². The second-order valence-corrected chi connectivity index (χ2v) is 5.41. The Hall–Kier alpha value is -0.920. The van der Waals surface area contributed by atoms with Crippen molar-refractivity contribution in [2.45, 2.75) is 52.4 Å². The van der Waals surface area contributed by atoms with Crippen LogP contribution in [0.4, 0.5) is 0 Å². The third kappa shape index (κ3) is 2.77. The number of aromatic nitrogens is 2. The molecule has 1 aromatic rings. The van der Waals surface area contributed by atoms with Gasteiger partial charge in [-0.25, -0.2) is 0 Å². The van der Waals surface area contributed by atoms with Crippen LogP contribution in [0.3, 0.4) is 0 Å². The first-order valence-electron chi connectivity index (χ1n) is 5.96. The lowest BCUT2D eigenvalue weighted by Gasteiger charge is -2.23. The summed E-state index contributed by atoms with van der Waals surface area (Å²) in [5.74, 6) is 0. The molecule has 0 atom stereocenters. The summed E-state index contributed by atoms with van der Waals surface area (Å²) in [6.45, 7) is 4.78. The molecule has 0 amide bonds. The average Bonchev–Trinajstić information content (AvgIpc) is 2.25. The molecule has 2 rings (SSSR count). The fourth-order valence-corrected chi connectivity index (χ4v) is 2.46. The van der Waals surface area contributed by atoms with Crippen molar-refractivity contribution in [3.8, 4) is 0 Å². The summed E-state index contributed by atoms with van der Waals surface area (Å²) in [6, 6.07) is 0. The number of rotatable bonds is 0. The van der Waals surface area contributed by atoms with Crippen molar-refractivity contribution >= 4 is 0 Å². The maximum absolute atomic E-state index is 3.99. The van der Waals surface area contributed by atoms with E-state index >= 15 is 0 Å². The molecular formula is C13H20N2. The van der Waals surface area contributed by atoms with E-state index in [4.69, 9.17) is 0 Å². The molecule has 1 aliphatic carbocycles. The van der Waals surface area contributed by atoms with Gasteiger partial charge < -0.3 is 0 Å². The van der Waals surface area contributed by atoms with Crippen LogP contribution in [0, 0.1) is 5.41 Å². The van der Waals surface area contributed by atoms with Gasteiger partial charge in [0.15, 0.2) is 0 Å². The maximum Gasteiger partial charge on any atom is 0.0530 e. The van der Waals surface area contributed by atoms with Crippen molar-refractivity contribution in [1.82, 2.24) is 10.2 Å². The van der Waals surface area contributed by atoms with Crippen molar-refractivity contribution in [3.63, 3.8) is 0 Å². The molecule has 15 heavy (non-hydrogen) atoms. The van der Waals surface area contributed by atoms with Gasteiger partial charge in [0, 0.05) is 0 Å². The van der Waals surface area contributed by atoms with Crippen LogP contribution in [0.25, 0.3) is 0 Å². The lowest BCUT2D eigenvalue weighted by Crippen LogP contribution is -2.10. The lowest BCUT2D eigenvalue weighted by atomic mass is 9.83. The standard InChI is InChI=1S/C13H20N2/c1-13(2)7-3-5-11-9-14-15-10-12(11)6-4-8-13/h9-10H,3-8H2,1-2H3. The molecule has 0 aromatic carbocycles. The molecule has 1 aliphatic rings. The third-order valence-electron chi connectivity index (χ3n) is 3.51. The second kappa shape index (κ2) is 4.30. The van der Waals surface area contributed by atoms with Crippen molar-refractivity contribution < 1.29 is 0 Å². The van der Waals surface area contributed by atoms with E-state index < -0.39 is 0 Å². The highest BCUT2D eigenvalue weighted by Crippen LogP contribution is 2.31. The Morgan fingerprint density at radius 1 is 0.933 bits per heavy atom. The fraction of sp³-hybridized carbons (Fsp3) is 0.692. The molecular weight excluding hydrogens is 184 g/mol. The molecule has 0 spiro atoms. The minimum absolute atomic E-state index is 0.517. The fourth-order valence-electron chi connectivity index (χ4n) is 2.46. The predicted octanol–water partition coefficient (Wildman–Crippen LogP) is 3.16. The van der Waals surface area contributed by atoms with Gasteiger partial charge in [-0.1, -0.05) is 13.8 Å². The van der Waals surface area contributed by atoms with Crippen LogP contribution in [0.2, 0.25) is 0 Å². The van der Waals surface area contributed by atoms with Crippen molar-refractivity contribution in [2.24, 2.45) is 5.41 Å². The molecule has 0 aliphatic heterocycles. The molecule has 0 unspecified atom stereocenters. The SMILES string of the molecule is CC1(C)CCCc2cnncc2CCC1. The summed E-state index contributed by atoms with van der Waals surface area (Å²) in [5.41, 5.74) is 3.36. The van der Waals surface area contributed by atoms with Crippen LogP contribution < -0.4 is 0 Å². The van der Waals surface area contributed by atoms with Gasteiger partial charge in [0.05, 0.1) is 12.4 Å². The Bertz CT molecular complexity index is 300. The van der Waals surface area contributed by atoms with Gasteiger partial charge in [0.25, 0.3) is 0 Å². The second-order valence-electron chi connectivity index (χ2n) is 5.41. The van der Waals surface area contributed by atoms with Crippen LogP contribution >= 0.6 is 0 Å². The van der Waals surface area contributed by atoms with Crippen LogP contribution in [0.15, 0.2) is 12.4 Å². The summed E-state index contributed by atoms with van der Waals surface area (Å²) in [5, 5.41) is 7.97. The highest BCUT2D eigenvalue weighted by atomic mass is 15.1. The lowest BCUT2D eigenvalue weighted by molar-refractivity contribution is 0.294. The minimum atomic E-state index is 0.517. The first-order valence-corrected chi connectivity index (χ1v) is 5.96. The minimum Gasteiger partial charge on any atom is -0.159 e. The largest absolute Gasteiger partial charge is 0.159 e. The molecule has 0 radical (unpaired) electrons. The van der Waals surface area contributed by atoms with E-state index in [-0.39, 0.29) is 0 Å². The molecule has 1 aromatic heterocycles. The molecule has 0 fully saturated rings. The molecule has 2 nitrogen and oxygen atoms in total. The molecule has 1 heterocycles. The molecule has 0 N–H and O–H groups in total. The van der Waals surface area contributed by atoms with Crippen LogP contribution in [0.1, 0.15) is 50.7 Å². The van der Waals surface area contributed by atoms with E-state index in [1.54, 1.807) is 0 Å². The van der Waals surface area contributed by atoms with E-state index in [2.05, 4.69) is 24.0 Å². The van der Waals surface area contributed by atoms with Gasteiger partial charge in [0.2, 0.25) is 0 Å². The van der Waals surface area contributed by atoms with E-state index in [0.29, 0.717) is 5.41 Å². The van der Waals surface area contributed by atoms with E-state index in [1.807, 2.05) is 12.4 Å². The predicted molar refractivity (Wildman–Crippen MR) is 61.7 cm³/mol. The summed E-state index contributed by atoms with van der Waals surface area (Å²) in [7, 11) is 0. The Morgan fingerprint density at radius 3 is 1.87 bits per heavy atom. The molecule has 0 saturated carbocycles. The van der Waals surface area contributed by atoms with Gasteiger partial charge in [-0.3, -0.25) is 0 Å². The summed E-state index contributed by atoms with van der Waals surface area (Å²) >= 11 is 0. The van der Waals surface area contributed by atoms with Gasteiger partial charge in [0.1, 0.15) is 0 Å². The normalized spacial score (nSPS) is 20.9. The molecule has 2 heteroatoms.